The molecule has 2 atom stereocenters. The van der Waals surface area contributed by atoms with Crippen LogP contribution in [0.15, 0.2) is 48.6 Å². The molecule has 2 N–H and O–H groups in total. The van der Waals surface area contributed by atoms with Crippen LogP contribution in [0.25, 0.3) is 0 Å². The lowest BCUT2D eigenvalue weighted by Crippen LogP contribution is -2.39. The Morgan fingerprint density at radius 2 is 1.77 bits per heavy atom. The van der Waals surface area contributed by atoms with Gasteiger partial charge in [-0.05, 0) is 49.5 Å². The van der Waals surface area contributed by atoms with Gasteiger partial charge in [-0.25, -0.2) is 5.06 Å². The highest BCUT2D eigenvalue weighted by Gasteiger charge is 2.60. The number of carbonyl (C=O) groups excluding carboxylic acids is 2. The monoisotopic (exact) mass is 542 g/mol. The summed E-state index contributed by atoms with van der Waals surface area (Å²) in [5.41, 5.74) is 1.86. The molecule has 8 heteroatoms. The molecule has 0 spiro atoms. The minimum absolute atomic E-state index is 0.0195. The molecule has 0 radical (unpaired) electrons. The summed E-state index contributed by atoms with van der Waals surface area (Å²) in [6.07, 6.45) is 9.94. The van der Waals surface area contributed by atoms with Crippen LogP contribution >= 0.6 is 0 Å². The van der Waals surface area contributed by atoms with Crippen molar-refractivity contribution in [3.63, 3.8) is 0 Å². The molecule has 39 heavy (non-hydrogen) atoms. The molecule has 1 fully saturated rings. The molecule has 0 bridgehead atoms. The molecule has 1 aromatic carbocycles. The second kappa shape index (κ2) is 14.2. The van der Waals surface area contributed by atoms with Crippen molar-refractivity contribution >= 4 is 11.8 Å². The number of hydrogen-bond acceptors (Lipinski definition) is 6. The van der Waals surface area contributed by atoms with Gasteiger partial charge in [-0.15, -0.1) is 0 Å². The first-order chi connectivity index (χ1) is 18.4. The van der Waals surface area contributed by atoms with E-state index in [-0.39, 0.29) is 35.7 Å². The van der Waals surface area contributed by atoms with E-state index in [1.807, 2.05) is 25.2 Å². The van der Waals surface area contributed by atoms with Gasteiger partial charge in [0.05, 0.1) is 32.9 Å². The second-order valence-electron chi connectivity index (χ2n) is 11.0. The molecule has 216 valence electrons. The molecule has 2 rings (SSSR count). The van der Waals surface area contributed by atoms with Crippen LogP contribution in [0.1, 0.15) is 72.3 Å². The Labute approximate surface area is 233 Å². The molecule has 0 aliphatic heterocycles. The van der Waals surface area contributed by atoms with E-state index in [1.165, 1.54) is 14.2 Å². The predicted octanol–water partition coefficient (Wildman–Crippen LogP) is 5.99. The van der Waals surface area contributed by atoms with Crippen molar-refractivity contribution in [2.45, 2.75) is 79.3 Å². The van der Waals surface area contributed by atoms with Gasteiger partial charge in [-0.1, -0.05) is 51.7 Å². The molecule has 2 amide bonds. The lowest BCUT2D eigenvalue weighted by Gasteiger charge is -2.24. The molecule has 0 heterocycles. The van der Waals surface area contributed by atoms with Crippen LogP contribution in [0.2, 0.25) is 0 Å². The zero-order valence-corrected chi connectivity index (χ0v) is 24.6. The number of nitrogens with one attached hydrogen (secondary N) is 1. The summed E-state index contributed by atoms with van der Waals surface area (Å²) in [5.74, 6) is 0.945. The average molecular weight is 543 g/mol. The Bertz CT molecular complexity index is 1050. The third-order valence-corrected chi connectivity index (χ3v) is 7.90. The summed E-state index contributed by atoms with van der Waals surface area (Å²) < 4.78 is 16.9. The van der Waals surface area contributed by atoms with Crippen LogP contribution in [-0.2, 0) is 16.1 Å². The highest BCUT2D eigenvalue weighted by atomic mass is 16.5. The van der Waals surface area contributed by atoms with Gasteiger partial charge in [-0.2, -0.15) is 0 Å². The number of benzene rings is 1. The maximum atomic E-state index is 12.6. The molecule has 1 aliphatic carbocycles. The molecule has 1 aromatic rings. The number of rotatable bonds is 16. The van der Waals surface area contributed by atoms with Crippen molar-refractivity contribution in [2.75, 3.05) is 20.8 Å². The van der Waals surface area contributed by atoms with E-state index >= 15 is 0 Å². The van der Waals surface area contributed by atoms with Gasteiger partial charge in [0.1, 0.15) is 17.2 Å². The minimum atomic E-state index is -0.425. The van der Waals surface area contributed by atoms with E-state index in [4.69, 9.17) is 14.2 Å². The van der Waals surface area contributed by atoms with Crippen molar-refractivity contribution in [1.29, 1.82) is 0 Å². The van der Waals surface area contributed by atoms with Gasteiger partial charge in [0.15, 0.2) is 0 Å². The first kappa shape index (κ1) is 32.0. The van der Waals surface area contributed by atoms with Crippen molar-refractivity contribution in [3.05, 3.63) is 54.2 Å². The summed E-state index contributed by atoms with van der Waals surface area (Å²) in [5, 5.41) is 14.3. The lowest BCUT2D eigenvalue weighted by molar-refractivity contribution is -0.168. The van der Waals surface area contributed by atoms with Crippen LogP contribution in [0.4, 0.5) is 0 Å². The number of nitrogens with zero attached hydrogens (tertiary/aromatic N) is 1. The van der Waals surface area contributed by atoms with Gasteiger partial charge in [-0.3, -0.25) is 14.8 Å². The molecule has 2 unspecified atom stereocenters. The fourth-order valence-corrected chi connectivity index (χ4v) is 4.91. The van der Waals surface area contributed by atoms with E-state index in [0.717, 1.165) is 12.0 Å². The Morgan fingerprint density at radius 3 is 2.28 bits per heavy atom. The predicted molar refractivity (Wildman–Crippen MR) is 153 cm³/mol. The summed E-state index contributed by atoms with van der Waals surface area (Å²) >= 11 is 0. The van der Waals surface area contributed by atoms with E-state index in [2.05, 4.69) is 39.6 Å². The Morgan fingerprint density at radius 1 is 1.15 bits per heavy atom. The van der Waals surface area contributed by atoms with E-state index in [9.17, 15) is 14.8 Å². The zero-order valence-electron chi connectivity index (χ0n) is 24.6. The van der Waals surface area contributed by atoms with Crippen LogP contribution in [-0.4, -0.2) is 49.0 Å². The number of allylic oxidation sites excluding steroid dienone is 5. The van der Waals surface area contributed by atoms with Crippen molar-refractivity contribution in [3.8, 4) is 17.2 Å². The number of methoxy groups -OCH3 is 2. The first-order valence-corrected chi connectivity index (χ1v) is 13.5. The van der Waals surface area contributed by atoms with Crippen LogP contribution < -0.4 is 19.5 Å². The SMILES string of the molecule is C=C/C=C(\C=C/C)CCC(=O)N(O)Cc1c(OC)cc(OCCCC(=O)NC(C)C2(C)CC2(C)C)cc1OC. The normalized spacial score (nSPS) is 18.8. The summed E-state index contributed by atoms with van der Waals surface area (Å²) in [4.78, 5) is 25.0. The molecule has 1 saturated carbocycles. The standard InChI is InChI=1S/C31H46N2O6/c1-9-12-23(13-10-2)15-16-29(35)33(36)20-25-26(37-7)18-24(19-27(25)38-8)39-17-11-14-28(34)32-22(3)31(6)21-30(31,4)5/h9-10,12-13,18-19,22,36H,1,11,14-17,20-21H2,2-8H3,(H,32,34)/b13-10-,23-12+. The Balaban J connectivity index is 1.93. The summed E-state index contributed by atoms with van der Waals surface area (Å²) in [6, 6.07) is 3.50. The third-order valence-electron chi connectivity index (χ3n) is 7.90. The maximum absolute atomic E-state index is 12.6. The van der Waals surface area contributed by atoms with Crippen LogP contribution in [0.5, 0.6) is 17.2 Å². The van der Waals surface area contributed by atoms with Gasteiger partial charge < -0.3 is 19.5 Å². The third kappa shape index (κ3) is 8.62. The minimum Gasteiger partial charge on any atom is -0.496 e. The van der Waals surface area contributed by atoms with Gasteiger partial charge in [0, 0.05) is 31.0 Å². The van der Waals surface area contributed by atoms with E-state index in [1.54, 1.807) is 18.2 Å². The maximum Gasteiger partial charge on any atom is 0.246 e. The number of hydrogen-bond donors (Lipinski definition) is 2. The second-order valence-corrected chi connectivity index (χ2v) is 11.0. The molecule has 0 aromatic heterocycles. The summed E-state index contributed by atoms with van der Waals surface area (Å²) in [7, 11) is 3.00. The number of amides is 2. The zero-order chi connectivity index (χ0) is 29.2. The fourth-order valence-electron chi connectivity index (χ4n) is 4.91. The van der Waals surface area contributed by atoms with Crippen LogP contribution in [0.3, 0.4) is 0 Å². The van der Waals surface area contributed by atoms with Gasteiger partial charge >= 0.3 is 0 Å². The van der Waals surface area contributed by atoms with Crippen molar-refractivity contribution in [1.82, 2.24) is 10.4 Å². The number of carbonyl (C=O) groups is 2. The van der Waals surface area contributed by atoms with E-state index < -0.39 is 5.91 Å². The molecule has 0 saturated heterocycles. The molecular formula is C31H46N2O6. The molecule has 8 nitrogen and oxygen atoms in total. The Hall–Kier alpha value is -3.26. The smallest absolute Gasteiger partial charge is 0.246 e. The quantitative estimate of drug-likeness (QED) is 0.115. The number of ether oxygens (including phenoxy) is 3. The molecular weight excluding hydrogens is 496 g/mol. The fraction of sp³-hybridized carbons (Fsp3) is 0.548. The highest BCUT2D eigenvalue weighted by Crippen LogP contribution is 2.64. The van der Waals surface area contributed by atoms with E-state index in [0.29, 0.717) is 53.7 Å². The van der Waals surface area contributed by atoms with Gasteiger partial charge in [0.2, 0.25) is 11.8 Å². The average Bonchev–Trinajstić information content (AvgIpc) is 3.43. The lowest BCUT2D eigenvalue weighted by atomic mass is 9.91. The number of hydroxylamine groups is 2. The van der Waals surface area contributed by atoms with Crippen LogP contribution in [0, 0.1) is 10.8 Å². The largest absolute Gasteiger partial charge is 0.496 e. The summed E-state index contributed by atoms with van der Waals surface area (Å²) in [6.45, 7) is 14.6. The van der Waals surface area contributed by atoms with Gasteiger partial charge in [0.25, 0.3) is 0 Å². The molecule has 1 aliphatic rings. The highest BCUT2D eigenvalue weighted by molar-refractivity contribution is 5.76. The van der Waals surface area contributed by atoms with Crippen molar-refractivity contribution in [2.24, 2.45) is 10.8 Å². The topological polar surface area (TPSA) is 97.3 Å². The Kier molecular flexibility index (Phi) is 11.6. The first-order valence-electron chi connectivity index (χ1n) is 13.5. The van der Waals surface area contributed by atoms with Crippen molar-refractivity contribution < 1.29 is 29.0 Å².